The highest BCUT2D eigenvalue weighted by Crippen LogP contribution is 2.42. The Morgan fingerprint density at radius 3 is 2.23 bits per heavy atom. The van der Waals surface area contributed by atoms with Crippen molar-refractivity contribution in [2.75, 3.05) is 0 Å². The van der Waals surface area contributed by atoms with Gasteiger partial charge in [-0.05, 0) is 65.7 Å². The molecule has 2 aliphatic heterocycles. The smallest absolute Gasteiger partial charge is 0.407 e. The summed E-state index contributed by atoms with van der Waals surface area (Å²) in [4.78, 5) is 14.7. The average Bonchev–Trinajstić information content (AvgIpc) is 2.98. The van der Waals surface area contributed by atoms with Gasteiger partial charge in [0.05, 0.1) is 6.10 Å². The monoisotopic (exact) mass is 310 g/mol. The average molecular weight is 310 g/mol. The lowest BCUT2D eigenvalue weighted by Gasteiger charge is -2.42. The number of aliphatic hydroxyl groups is 1. The molecule has 0 aromatic heterocycles. The molecule has 5 heteroatoms. The van der Waals surface area contributed by atoms with E-state index in [0.29, 0.717) is 12.1 Å². The molecule has 2 N–H and O–H groups in total. The van der Waals surface area contributed by atoms with E-state index in [-0.39, 0.29) is 24.3 Å². The fraction of sp³-hybridized carbons (Fsp3) is 0.941. The van der Waals surface area contributed by atoms with E-state index in [1.807, 2.05) is 20.8 Å². The van der Waals surface area contributed by atoms with Gasteiger partial charge in [-0.2, -0.15) is 0 Å². The van der Waals surface area contributed by atoms with Gasteiger partial charge in [0.1, 0.15) is 5.60 Å². The van der Waals surface area contributed by atoms with E-state index in [4.69, 9.17) is 4.74 Å². The van der Waals surface area contributed by atoms with Crippen molar-refractivity contribution in [2.24, 2.45) is 0 Å². The van der Waals surface area contributed by atoms with Crippen molar-refractivity contribution >= 4 is 6.09 Å². The predicted octanol–water partition coefficient (Wildman–Crippen LogP) is 2.42. The molecular weight excluding hydrogens is 280 g/mol. The van der Waals surface area contributed by atoms with E-state index in [1.54, 1.807) is 0 Å². The number of carbonyl (C=O) groups is 1. The number of fused-ring (bicyclic) bond motifs is 2. The third-order valence-electron chi connectivity index (χ3n) is 5.38. The Kier molecular flexibility index (Phi) is 4.38. The summed E-state index contributed by atoms with van der Waals surface area (Å²) < 4.78 is 5.42. The van der Waals surface area contributed by atoms with Crippen molar-refractivity contribution in [3.63, 3.8) is 0 Å². The van der Waals surface area contributed by atoms with Crippen molar-refractivity contribution < 1.29 is 14.6 Å². The number of alkyl carbamates (subject to hydrolysis) is 1. The Morgan fingerprint density at radius 2 is 1.68 bits per heavy atom. The molecule has 3 atom stereocenters. The van der Waals surface area contributed by atoms with Crippen LogP contribution in [0.3, 0.4) is 0 Å². The minimum absolute atomic E-state index is 0.0967. The van der Waals surface area contributed by atoms with Crippen LogP contribution in [0.5, 0.6) is 0 Å². The lowest BCUT2D eigenvalue weighted by Crippen LogP contribution is -2.57. The van der Waals surface area contributed by atoms with Crippen LogP contribution in [0.25, 0.3) is 0 Å². The number of rotatable bonds is 2. The second kappa shape index (κ2) is 6.00. The van der Waals surface area contributed by atoms with Gasteiger partial charge in [0.25, 0.3) is 0 Å². The van der Waals surface area contributed by atoms with E-state index in [1.165, 1.54) is 25.7 Å². The molecule has 126 valence electrons. The SMILES string of the molecule is CC(C)(C)OC(=O)NC1CCC(O)CC1N1C2CCC1CC2. The standard InChI is InChI=1S/C17H30N2O3/c1-17(2,3)22-16(21)18-14-9-8-13(20)10-15(14)19-11-4-5-12(19)7-6-11/h11-15,20H,4-10H2,1-3H3,(H,18,21). The van der Waals surface area contributed by atoms with Crippen molar-refractivity contribution in [2.45, 2.75) is 102 Å². The molecule has 22 heavy (non-hydrogen) atoms. The summed E-state index contributed by atoms with van der Waals surface area (Å²) in [5, 5.41) is 13.2. The molecule has 0 spiro atoms. The van der Waals surface area contributed by atoms with E-state index in [0.717, 1.165) is 19.3 Å². The summed E-state index contributed by atoms with van der Waals surface area (Å²) in [5.74, 6) is 0. The Morgan fingerprint density at radius 1 is 1.09 bits per heavy atom. The zero-order valence-electron chi connectivity index (χ0n) is 14.0. The molecule has 1 saturated carbocycles. The van der Waals surface area contributed by atoms with Crippen LogP contribution in [0, 0.1) is 0 Å². The molecular formula is C17H30N2O3. The number of aliphatic hydroxyl groups excluding tert-OH is 1. The first-order valence-corrected chi connectivity index (χ1v) is 8.78. The van der Waals surface area contributed by atoms with Crippen LogP contribution in [0.4, 0.5) is 4.79 Å². The summed E-state index contributed by atoms with van der Waals surface area (Å²) in [5.41, 5.74) is -0.472. The van der Waals surface area contributed by atoms with E-state index in [2.05, 4.69) is 10.2 Å². The Hall–Kier alpha value is -0.810. The van der Waals surface area contributed by atoms with Gasteiger partial charge in [0, 0.05) is 24.2 Å². The summed E-state index contributed by atoms with van der Waals surface area (Å²) in [6.07, 6.45) is 6.90. The van der Waals surface area contributed by atoms with Crippen molar-refractivity contribution in [1.82, 2.24) is 10.2 Å². The van der Waals surface area contributed by atoms with Crippen LogP contribution in [0.1, 0.15) is 65.7 Å². The van der Waals surface area contributed by atoms with Gasteiger partial charge in [0.2, 0.25) is 0 Å². The summed E-state index contributed by atoms with van der Waals surface area (Å²) in [6.45, 7) is 5.65. The first kappa shape index (κ1) is 16.1. The molecule has 3 fully saturated rings. The molecule has 1 aliphatic carbocycles. The summed E-state index contributed by atoms with van der Waals surface area (Å²) in [6, 6.07) is 1.67. The fourth-order valence-corrected chi connectivity index (χ4v) is 4.58. The van der Waals surface area contributed by atoms with Gasteiger partial charge < -0.3 is 15.2 Å². The number of carbonyl (C=O) groups excluding carboxylic acids is 1. The molecule has 0 aromatic rings. The normalized spacial score (nSPS) is 39.0. The van der Waals surface area contributed by atoms with Gasteiger partial charge >= 0.3 is 6.09 Å². The number of amides is 1. The zero-order chi connectivity index (χ0) is 15.9. The minimum Gasteiger partial charge on any atom is -0.444 e. The topological polar surface area (TPSA) is 61.8 Å². The molecule has 2 heterocycles. The molecule has 1 amide bonds. The van der Waals surface area contributed by atoms with Gasteiger partial charge in [-0.3, -0.25) is 4.90 Å². The molecule has 2 saturated heterocycles. The van der Waals surface area contributed by atoms with E-state index in [9.17, 15) is 9.90 Å². The van der Waals surface area contributed by atoms with Crippen LogP contribution >= 0.6 is 0 Å². The Balaban J connectivity index is 1.67. The van der Waals surface area contributed by atoms with Crippen LogP contribution in [0.15, 0.2) is 0 Å². The largest absolute Gasteiger partial charge is 0.444 e. The number of nitrogens with zero attached hydrogens (tertiary/aromatic N) is 1. The molecule has 3 aliphatic rings. The third-order valence-corrected chi connectivity index (χ3v) is 5.38. The van der Waals surface area contributed by atoms with Crippen molar-refractivity contribution in [3.8, 4) is 0 Å². The zero-order valence-corrected chi connectivity index (χ0v) is 14.0. The molecule has 2 bridgehead atoms. The number of ether oxygens (including phenoxy) is 1. The van der Waals surface area contributed by atoms with Crippen molar-refractivity contribution in [3.05, 3.63) is 0 Å². The maximum Gasteiger partial charge on any atom is 0.407 e. The molecule has 5 nitrogen and oxygen atoms in total. The first-order valence-electron chi connectivity index (χ1n) is 8.78. The fourth-order valence-electron chi connectivity index (χ4n) is 4.58. The Labute approximate surface area is 133 Å². The molecule has 3 rings (SSSR count). The van der Waals surface area contributed by atoms with Gasteiger partial charge in [0.15, 0.2) is 0 Å². The first-order chi connectivity index (χ1) is 10.3. The predicted molar refractivity (Wildman–Crippen MR) is 84.7 cm³/mol. The summed E-state index contributed by atoms with van der Waals surface area (Å²) in [7, 11) is 0. The minimum atomic E-state index is -0.472. The highest BCUT2D eigenvalue weighted by molar-refractivity contribution is 5.68. The highest BCUT2D eigenvalue weighted by atomic mass is 16.6. The third kappa shape index (κ3) is 3.40. The second-order valence-corrected chi connectivity index (χ2v) is 8.20. The number of hydrogen-bond donors (Lipinski definition) is 2. The van der Waals surface area contributed by atoms with E-state index < -0.39 is 5.60 Å². The van der Waals surface area contributed by atoms with Crippen LogP contribution in [-0.4, -0.2) is 52.0 Å². The lowest BCUT2D eigenvalue weighted by atomic mass is 9.87. The van der Waals surface area contributed by atoms with Crippen LogP contribution in [-0.2, 0) is 4.74 Å². The number of hydrogen-bond acceptors (Lipinski definition) is 4. The lowest BCUT2D eigenvalue weighted by molar-refractivity contribution is 0.0181. The van der Waals surface area contributed by atoms with Gasteiger partial charge in [-0.25, -0.2) is 4.79 Å². The van der Waals surface area contributed by atoms with Crippen molar-refractivity contribution in [1.29, 1.82) is 0 Å². The maximum absolute atomic E-state index is 12.1. The summed E-state index contributed by atoms with van der Waals surface area (Å²) >= 11 is 0. The highest BCUT2D eigenvalue weighted by Gasteiger charge is 2.47. The molecule has 3 unspecified atom stereocenters. The van der Waals surface area contributed by atoms with Crippen LogP contribution < -0.4 is 5.32 Å². The molecule has 0 radical (unpaired) electrons. The maximum atomic E-state index is 12.1. The molecule has 0 aromatic carbocycles. The van der Waals surface area contributed by atoms with Crippen LogP contribution in [0.2, 0.25) is 0 Å². The van der Waals surface area contributed by atoms with E-state index >= 15 is 0 Å². The Bertz CT molecular complexity index is 401. The quantitative estimate of drug-likeness (QED) is 0.822. The van der Waals surface area contributed by atoms with Gasteiger partial charge in [-0.15, -0.1) is 0 Å². The second-order valence-electron chi connectivity index (χ2n) is 8.20. The van der Waals surface area contributed by atoms with Gasteiger partial charge in [-0.1, -0.05) is 0 Å². The number of nitrogens with one attached hydrogen (secondary N) is 1.